The Morgan fingerprint density at radius 2 is 2.15 bits per heavy atom. The van der Waals surface area contributed by atoms with Crippen molar-refractivity contribution in [3.05, 3.63) is 0 Å². The molecule has 2 aliphatic heterocycles. The molecule has 7 nitrogen and oxygen atoms in total. The van der Waals surface area contributed by atoms with Crippen molar-refractivity contribution in [3.63, 3.8) is 0 Å². The number of nitrogens with zero attached hydrogens (tertiary/aromatic N) is 2. The van der Waals surface area contributed by atoms with Gasteiger partial charge in [0.1, 0.15) is 0 Å². The van der Waals surface area contributed by atoms with Crippen molar-refractivity contribution in [2.75, 3.05) is 57.4 Å². The van der Waals surface area contributed by atoms with Crippen LogP contribution in [0.3, 0.4) is 0 Å². The Balaban J connectivity index is 1.77. The molecule has 152 valence electrons. The Morgan fingerprint density at radius 1 is 1.38 bits per heavy atom. The first kappa shape index (κ1) is 21.6. The lowest BCUT2D eigenvalue weighted by Gasteiger charge is -2.34. The van der Waals surface area contributed by atoms with E-state index in [0.29, 0.717) is 25.5 Å². The number of rotatable bonds is 9. The van der Waals surface area contributed by atoms with Gasteiger partial charge >= 0.3 is 0 Å². The second kappa shape index (κ2) is 10.0. The molecule has 8 heteroatoms. The predicted octanol–water partition coefficient (Wildman–Crippen LogP) is 0.359. The van der Waals surface area contributed by atoms with Crippen molar-refractivity contribution in [1.29, 1.82) is 0 Å². The summed E-state index contributed by atoms with van der Waals surface area (Å²) in [5.41, 5.74) is 0. The minimum Gasteiger partial charge on any atom is -0.374 e. The number of sulfone groups is 1. The van der Waals surface area contributed by atoms with Crippen molar-refractivity contribution in [1.82, 2.24) is 15.1 Å². The van der Waals surface area contributed by atoms with Gasteiger partial charge in [-0.25, -0.2) is 8.42 Å². The lowest BCUT2D eigenvalue weighted by atomic mass is 10.2. The van der Waals surface area contributed by atoms with Crippen LogP contribution in [-0.2, 0) is 19.4 Å². The van der Waals surface area contributed by atoms with Gasteiger partial charge in [0.25, 0.3) is 0 Å². The summed E-state index contributed by atoms with van der Waals surface area (Å²) in [4.78, 5) is 16.8. The Morgan fingerprint density at radius 3 is 2.77 bits per heavy atom. The lowest BCUT2D eigenvalue weighted by Crippen LogP contribution is -2.50. The van der Waals surface area contributed by atoms with E-state index in [9.17, 15) is 13.2 Å². The number of amides is 1. The molecular formula is C18H35N3O4S. The molecule has 2 rings (SSSR count). The average Bonchev–Trinajstić information content (AvgIpc) is 2.92. The van der Waals surface area contributed by atoms with Crippen molar-refractivity contribution >= 4 is 15.7 Å². The first-order chi connectivity index (χ1) is 12.3. The number of morpholine rings is 1. The number of carbonyl (C=O) groups is 1. The molecule has 0 aromatic carbocycles. The monoisotopic (exact) mass is 389 g/mol. The van der Waals surface area contributed by atoms with Gasteiger partial charge in [-0.2, -0.15) is 0 Å². The van der Waals surface area contributed by atoms with E-state index >= 15 is 0 Å². The molecule has 0 saturated carbocycles. The second-order valence-electron chi connectivity index (χ2n) is 7.98. The quantitative estimate of drug-likeness (QED) is 0.613. The third-order valence-corrected chi connectivity index (χ3v) is 6.71. The first-order valence-corrected chi connectivity index (χ1v) is 11.7. The highest BCUT2D eigenvalue weighted by Crippen LogP contribution is 2.18. The summed E-state index contributed by atoms with van der Waals surface area (Å²) in [6.07, 6.45) is 1.56. The fraction of sp³-hybridized carbons (Fsp3) is 0.944. The molecular weight excluding hydrogens is 354 g/mol. The minimum atomic E-state index is -2.94. The Bertz CT molecular complexity index is 553. The largest absolute Gasteiger partial charge is 0.374 e. The van der Waals surface area contributed by atoms with E-state index in [0.717, 1.165) is 32.6 Å². The second-order valence-corrected chi connectivity index (χ2v) is 10.2. The summed E-state index contributed by atoms with van der Waals surface area (Å²) in [6.45, 7) is 11.5. The van der Waals surface area contributed by atoms with Gasteiger partial charge in [0, 0.05) is 32.2 Å². The van der Waals surface area contributed by atoms with Crippen LogP contribution in [-0.4, -0.2) is 93.7 Å². The summed E-state index contributed by atoms with van der Waals surface area (Å²) in [5.74, 6) is 0.984. The summed E-state index contributed by atoms with van der Waals surface area (Å²) in [5, 5.41) is 2.98. The van der Waals surface area contributed by atoms with Crippen molar-refractivity contribution < 1.29 is 17.9 Å². The number of ether oxygens (including phenoxy) is 1. The van der Waals surface area contributed by atoms with Crippen molar-refractivity contribution in [3.8, 4) is 0 Å². The molecule has 1 N–H and O–H groups in total. The van der Waals surface area contributed by atoms with E-state index in [1.807, 2.05) is 11.8 Å². The lowest BCUT2D eigenvalue weighted by molar-refractivity contribution is -0.124. The number of hydrogen-bond donors (Lipinski definition) is 1. The Hall–Kier alpha value is -0.700. The van der Waals surface area contributed by atoms with Crippen LogP contribution in [0, 0.1) is 5.92 Å². The molecule has 2 fully saturated rings. The molecule has 0 radical (unpaired) electrons. The molecule has 0 bridgehead atoms. The molecule has 2 heterocycles. The van der Waals surface area contributed by atoms with Gasteiger partial charge in [-0.15, -0.1) is 0 Å². The molecule has 2 saturated heterocycles. The maximum absolute atomic E-state index is 12.4. The maximum Gasteiger partial charge on any atom is 0.234 e. The summed E-state index contributed by atoms with van der Waals surface area (Å²) < 4.78 is 29.2. The predicted molar refractivity (Wildman–Crippen MR) is 103 cm³/mol. The molecule has 2 atom stereocenters. The topological polar surface area (TPSA) is 79.0 Å². The van der Waals surface area contributed by atoms with E-state index in [-0.39, 0.29) is 36.1 Å². The van der Waals surface area contributed by atoms with Crippen LogP contribution in [0.2, 0.25) is 0 Å². The van der Waals surface area contributed by atoms with E-state index in [1.165, 1.54) is 0 Å². The summed E-state index contributed by atoms with van der Waals surface area (Å²) in [7, 11) is -2.94. The van der Waals surface area contributed by atoms with Crippen LogP contribution in [0.5, 0.6) is 0 Å². The van der Waals surface area contributed by atoms with Crippen LogP contribution in [0.4, 0.5) is 0 Å². The summed E-state index contributed by atoms with van der Waals surface area (Å²) in [6, 6.07) is -0.0295. The SMILES string of the molecule is CCCN(CC(=O)NCC1CN(CC(C)C)CCO1)C1CCS(=O)(=O)C1. The zero-order valence-corrected chi connectivity index (χ0v) is 17.3. The smallest absolute Gasteiger partial charge is 0.234 e. The van der Waals surface area contributed by atoms with Gasteiger partial charge < -0.3 is 10.1 Å². The molecule has 26 heavy (non-hydrogen) atoms. The van der Waals surface area contributed by atoms with Gasteiger partial charge in [0.2, 0.25) is 5.91 Å². The highest BCUT2D eigenvalue weighted by atomic mass is 32.2. The fourth-order valence-electron chi connectivity index (χ4n) is 3.80. The average molecular weight is 390 g/mol. The van der Waals surface area contributed by atoms with E-state index in [2.05, 4.69) is 24.1 Å². The third-order valence-electron chi connectivity index (χ3n) is 4.96. The number of carbonyl (C=O) groups excluding carboxylic acids is 1. The van der Waals surface area contributed by atoms with Gasteiger partial charge in [-0.1, -0.05) is 20.8 Å². The zero-order valence-electron chi connectivity index (χ0n) is 16.4. The standard InChI is InChI=1S/C18H35N3O4S/c1-4-6-21(16-5-9-26(23,24)14-16)13-18(22)19-10-17-12-20(7-8-25-17)11-15(2)3/h15-17H,4-14H2,1-3H3,(H,19,22). The molecule has 1 amide bonds. The molecule has 0 aliphatic carbocycles. The van der Waals surface area contributed by atoms with E-state index in [1.54, 1.807) is 0 Å². The number of nitrogens with one attached hydrogen (secondary N) is 1. The Labute approximate surface area is 158 Å². The van der Waals surface area contributed by atoms with Crippen LogP contribution >= 0.6 is 0 Å². The molecule has 2 aliphatic rings. The molecule has 0 aromatic heterocycles. The van der Waals surface area contributed by atoms with E-state index in [4.69, 9.17) is 4.74 Å². The molecule has 0 aromatic rings. The van der Waals surface area contributed by atoms with Crippen LogP contribution < -0.4 is 5.32 Å². The van der Waals surface area contributed by atoms with Gasteiger partial charge in [-0.05, 0) is 25.3 Å². The maximum atomic E-state index is 12.4. The fourth-order valence-corrected chi connectivity index (χ4v) is 5.56. The van der Waals surface area contributed by atoms with Crippen molar-refractivity contribution in [2.24, 2.45) is 5.92 Å². The minimum absolute atomic E-state index is 0.0259. The van der Waals surface area contributed by atoms with Crippen LogP contribution in [0.1, 0.15) is 33.6 Å². The highest BCUT2D eigenvalue weighted by molar-refractivity contribution is 7.91. The van der Waals surface area contributed by atoms with Gasteiger partial charge in [-0.3, -0.25) is 14.6 Å². The first-order valence-electron chi connectivity index (χ1n) is 9.84. The van der Waals surface area contributed by atoms with Crippen molar-refractivity contribution in [2.45, 2.75) is 45.8 Å². The van der Waals surface area contributed by atoms with Gasteiger partial charge in [0.05, 0.1) is 30.8 Å². The van der Waals surface area contributed by atoms with Gasteiger partial charge in [0.15, 0.2) is 9.84 Å². The normalized spacial score (nSPS) is 26.5. The molecule has 2 unspecified atom stereocenters. The van der Waals surface area contributed by atoms with Crippen LogP contribution in [0.25, 0.3) is 0 Å². The zero-order chi connectivity index (χ0) is 19.2. The molecule has 0 spiro atoms. The number of hydrogen-bond acceptors (Lipinski definition) is 6. The van der Waals surface area contributed by atoms with E-state index < -0.39 is 9.84 Å². The summed E-state index contributed by atoms with van der Waals surface area (Å²) >= 11 is 0. The Kier molecular flexibility index (Phi) is 8.32. The van der Waals surface area contributed by atoms with Crippen LogP contribution in [0.15, 0.2) is 0 Å². The third kappa shape index (κ3) is 7.13. The highest BCUT2D eigenvalue weighted by Gasteiger charge is 2.32.